The molecule has 2 heteroatoms. The lowest BCUT2D eigenvalue weighted by Gasteiger charge is -2.10. The van der Waals surface area contributed by atoms with Gasteiger partial charge in [-0.2, -0.15) is 0 Å². The summed E-state index contributed by atoms with van der Waals surface area (Å²) in [7, 11) is 0. The molecule has 0 radical (unpaired) electrons. The molecule has 1 aliphatic rings. The number of hydrogen-bond donors (Lipinski definition) is 0. The number of allylic oxidation sites excluding steroid dienone is 1. The Morgan fingerprint density at radius 3 is 2.74 bits per heavy atom. The molecule has 3 atom stereocenters. The molecule has 1 aromatic carbocycles. The third kappa shape index (κ3) is 4.19. The van der Waals surface area contributed by atoms with Crippen LogP contribution in [-0.4, -0.2) is 11.3 Å². The van der Waals surface area contributed by atoms with Gasteiger partial charge >= 0.3 is 0 Å². The van der Waals surface area contributed by atoms with Crippen molar-refractivity contribution in [3.63, 3.8) is 0 Å². The van der Waals surface area contributed by atoms with Gasteiger partial charge in [0, 0.05) is 0 Å². The fourth-order valence-corrected chi connectivity index (χ4v) is 2.52. The Kier molecular flexibility index (Phi) is 5.17. The van der Waals surface area contributed by atoms with Crippen LogP contribution < -0.4 is 0 Å². The molecule has 1 aromatic rings. The summed E-state index contributed by atoms with van der Waals surface area (Å²) in [4.78, 5) is 5.68. The van der Waals surface area contributed by atoms with Gasteiger partial charge in [-0.1, -0.05) is 55.8 Å². The lowest BCUT2D eigenvalue weighted by Crippen LogP contribution is -2.08. The molecular formula is C17H25NO. The molecule has 0 aliphatic carbocycles. The Balaban J connectivity index is 1.68. The molecule has 19 heavy (non-hydrogen) atoms. The monoisotopic (exact) mass is 259 g/mol. The van der Waals surface area contributed by atoms with E-state index in [9.17, 15) is 0 Å². The molecule has 0 aromatic heterocycles. The Morgan fingerprint density at radius 1 is 1.32 bits per heavy atom. The molecule has 104 valence electrons. The lowest BCUT2D eigenvalue weighted by molar-refractivity contribution is 0.155. The number of rotatable bonds is 8. The molecular weight excluding hydrogens is 234 g/mol. The van der Waals surface area contributed by atoms with E-state index in [1.807, 2.05) is 0 Å². The zero-order valence-corrected chi connectivity index (χ0v) is 12.1. The Hall–Kier alpha value is -1.12. The van der Waals surface area contributed by atoms with Crippen molar-refractivity contribution >= 4 is 0 Å². The Bertz CT molecular complexity index is 401. The van der Waals surface area contributed by atoms with E-state index < -0.39 is 0 Å². The lowest BCUT2D eigenvalue weighted by atomic mass is 10.1. The van der Waals surface area contributed by atoms with Gasteiger partial charge in [-0.3, -0.25) is 4.84 Å². The minimum absolute atomic E-state index is 0.310. The Labute approximate surface area is 117 Å². The Morgan fingerprint density at radius 2 is 2.05 bits per heavy atom. The van der Waals surface area contributed by atoms with Crippen LogP contribution in [0.3, 0.4) is 0 Å². The molecule has 1 aliphatic heterocycles. The molecule has 0 N–H and O–H groups in total. The van der Waals surface area contributed by atoms with E-state index >= 15 is 0 Å². The van der Waals surface area contributed by atoms with Crippen LogP contribution in [0.1, 0.15) is 57.6 Å². The summed E-state index contributed by atoms with van der Waals surface area (Å²) in [6.45, 7) is 8.52. The van der Waals surface area contributed by atoms with Crippen LogP contribution in [0.15, 0.2) is 42.5 Å². The molecule has 0 amide bonds. The summed E-state index contributed by atoms with van der Waals surface area (Å²) in [5.74, 6) is 0. The highest BCUT2D eigenvalue weighted by Gasteiger charge is 2.40. The first-order chi connectivity index (χ1) is 9.22. The topological polar surface area (TPSA) is 15.5 Å². The van der Waals surface area contributed by atoms with Crippen molar-refractivity contribution < 1.29 is 4.84 Å². The largest absolute Gasteiger partial charge is 0.275 e. The molecule has 0 bridgehead atoms. The summed E-state index contributed by atoms with van der Waals surface area (Å²) in [6, 6.07) is 10.9. The first-order valence-corrected chi connectivity index (χ1v) is 7.39. The van der Waals surface area contributed by atoms with E-state index in [1.165, 1.54) is 24.0 Å². The molecule has 0 spiro atoms. The first kappa shape index (κ1) is 14.3. The zero-order valence-electron chi connectivity index (χ0n) is 12.1. The maximum absolute atomic E-state index is 5.68. The summed E-state index contributed by atoms with van der Waals surface area (Å²) >= 11 is 0. The second-order valence-electron chi connectivity index (χ2n) is 5.40. The number of hydrogen-bond acceptors (Lipinski definition) is 2. The third-order valence-corrected chi connectivity index (χ3v) is 3.73. The average molecular weight is 259 g/mol. The van der Waals surface area contributed by atoms with E-state index in [1.54, 1.807) is 0 Å². The summed E-state index contributed by atoms with van der Waals surface area (Å²) < 4.78 is 0. The van der Waals surface area contributed by atoms with E-state index in [0.29, 0.717) is 12.3 Å². The predicted molar refractivity (Wildman–Crippen MR) is 79.5 cm³/mol. The number of benzene rings is 1. The van der Waals surface area contributed by atoms with Gasteiger partial charge in [0.25, 0.3) is 0 Å². The van der Waals surface area contributed by atoms with Gasteiger partial charge in [0.05, 0.1) is 6.04 Å². The number of nitrogens with zero attached hydrogens (tertiary/aromatic N) is 1. The van der Waals surface area contributed by atoms with Crippen molar-refractivity contribution in [2.75, 3.05) is 0 Å². The highest BCUT2D eigenvalue weighted by atomic mass is 16.8. The molecule has 1 fully saturated rings. The van der Waals surface area contributed by atoms with Gasteiger partial charge in [-0.25, -0.2) is 0 Å². The van der Waals surface area contributed by atoms with Crippen LogP contribution in [0, 0.1) is 0 Å². The first-order valence-electron chi connectivity index (χ1n) is 7.39. The van der Waals surface area contributed by atoms with Crippen molar-refractivity contribution in [1.82, 2.24) is 5.06 Å². The van der Waals surface area contributed by atoms with Gasteiger partial charge in [0.1, 0.15) is 0 Å². The number of hydroxylamine groups is 2. The quantitative estimate of drug-likeness (QED) is 0.490. The van der Waals surface area contributed by atoms with Crippen LogP contribution in [0.4, 0.5) is 0 Å². The molecule has 1 heterocycles. The normalized spacial score (nSPS) is 23.1. The molecule has 1 saturated heterocycles. The predicted octanol–water partition coefficient (Wildman–Crippen LogP) is 4.85. The van der Waals surface area contributed by atoms with Crippen molar-refractivity contribution in [3.8, 4) is 0 Å². The zero-order chi connectivity index (χ0) is 13.7. The van der Waals surface area contributed by atoms with E-state index in [4.69, 9.17) is 4.84 Å². The molecule has 2 rings (SSSR count). The minimum Gasteiger partial charge on any atom is -0.275 e. The third-order valence-electron chi connectivity index (χ3n) is 3.73. The highest BCUT2D eigenvalue weighted by Crippen LogP contribution is 2.36. The van der Waals surface area contributed by atoms with Gasteiger partial charge in [-0.05, 0) is 38.2 Å². The van der Waals surface area contributed by atoms with Crippen molar-refractivity contribution in [2.45, 2.75) is 58.2 Å². The highest BCUT2D eigenvalue weighted by molar-refractivity contribution is 5.18. The summed E-state index contributed by atoms with van der Waals surface area (Å²) in [5.41, 5.74) is 2.70. The van der Waals surface area contributed by atoms with Gasteiger partial charge in [-0.15, -0.1) is 5.06 Å². The smallest absolute Gasteiger partial charge is 0.155 e. The fourth-order valence-electron chi connectivity index (χ4n) is 2.52. The standard InChI is InChI=1S/C17H25NO/c1-4-9-14(2)10-8-13-17-18(19-17)15(3)16-11-6-5-7-12-16/h5-7,11-12,15,17H,2,4,8-10,13H2,1,3H3/t15-,17+,18?/m0/s1. The summed E-state index contributed by atoms with van der Waals surface area (Å²) in [6.07, 6.45) is 6.11. The molecule has 1 unspecified atom stereocenters. The minimum atomic E-state index is 0.310. The van der Waals surface area contributed by atoms with Crippen LogP contribution in [0.25, 0.3) is 0 Å². The average Bonchev–Trinajstić information content (AvgIpc) is 3.19. The SMILES string of the molecule is C=C(CCC)CCC[C@H]1ON1[C@@H](C)c1ccccc1. The van der Waals surface area contributed by atoms with Crippen LogP contribution in [-0.2, 0) is 4.84 Å². The van der Waals surface area contributed by atoms with Crippen molar-refractivity contribution in [2.24, 2.45) is 0 Å². The summed E-state index contributed by atoms with van der Waals surface area (Å²) in [5, 5.41) is 2.11. The van der Waals surface area contributed by atoms with Crippen LogP contribution in [0.2, 0.25) is 0 Å². The van der Waals surface area contributed by atoms with Crippen molar-refractivity contribution in [1.29, 1.82) is 0 Å². The molecule has 2 nitrogen and oxygen atoms in total. The van der Waals surface area contributed by atoms with E-state index in [2.05, 4.69) is 55.8 Å². The molecule has 0 saturated carbocycles. The second kappa shape index (κ2) is 6.88. The van der Waals surface area contributed by atoms with E-state index in [0.717, 1.165) is 19.3 Å². The fraction of sp³-hybridized carbons (Fsp3) is 0.529. The van der Waals surface area contributed by atoms with E-state index in [-0.39, 0.29) is 0 Å². The van der Waals surface area contributed by atoms with Gasteiger partial charge in [0.2, 0.25) is 0 Å². The van der Waals surface area contributed by atoms with Crippen LogP contribution in [0.5, 0.6) is 0 Å². The van der Waals surface area contributed by atoms with Gasteiger partial charge in [0.15, 0.2) is 6.23 Å². The van der Waals surface area contributed by atoms with Gasteiger partial charge < -0.3 is 0 Å². The maximum atomic E-state index is 5.68. The maximum Gasteiger partial charge on any atom is 0.155 e. The second-order valence-corrected chi connectivity index (χ2v) is 5.40. The van der Waals surface area contributed by atoms with Crippen molar-refractivity contribution in [3.05, 3.63) is 48.0 Å². The van der Waals surface area contributed by atoms with Crippen LogP contribution >= 0.6 is 0 Å².